The van der Waals surface area contributed by atoms with Crippen molar-refractivity contribution in [1.82, 2.24) is 5.32 Å². The molecule has 1 heterocycles. The Morgan fingerprint density at radius 1 is 1.16 bits per heavy atom. The molecule has 5 aliphatic rings. The first-order valence-electron chi connectivity index (χ1n) is 8.17. The van der Waals surface area contributed by atoms with Gasteiger partial charge < -0.3 is 0 Å². The van der Waals surface area contributed by atoms with Crippen molar-refractivity contribution in [3.05, 3.63) is 0 Å². The molecule has 0 saturated heterocycles. The van der Waals surface area contributed by atoms with E-state index in [-0.39, 0.29) is 0 Å². The zero-order chi connectivity index (χ0) is 12.9. The molecule has 4 bridgehead atoms. The van der Waals surface area contributed by atoms with Crippen molar-refractivity contribution in [2.75, 3.05) is 6.54 Å². The summed E-state index contributed by atoms with van der Waals surface area (Å²) in [5.41, 5.74) is 0.514. The molecule has 5 rings (SSSR count). The summed E-state index contributed by atoms with van der Waals surface area (Å²) in [7, 11) is 0. The molecule has 4 fully saturated rings. The van der Waals surface area contributed by atoms with Crippen molar-refractivity contribution in [3.63, 3.8) is 0 Å². The average molecular weight is 361 g/mol. The summed E-state index contributed by atoms with van der Waals surface area (Å²) < 4.78 is 2.94. The second-order valence-electron chi connectivity index (χ2n) is 7.75. The van der Waals surface area contributed by atoms with E-state index in [9.17, 15) is 4.79 Å². The zero-order valence-corrected chi connectivity index (χ0v) is 15.0. The molecule has 0 aromatic carbocycles. The molecule has 0 radical (unpaired) electrons. The third kappa shape index (κ3) is 2.45. The van der Waals surface area contributed by atoms with Crippen molar-refractivity contribution in [2.24, 2.45) is 23.2 Å². The number of amides is 1. The average Bonchev–Trinajstić information content (AvgIpc) is 2.88. The van der Waals surface area contributed by atoms with E-state index in [1.807, 2.05) is 0 Å². The molecule has 0 aromatic heterocycles. The van der Waals surface area contributed by atoms with E-state index < -0.39 is 22.4 Å². The van der Waals surface area contributed by atoms with Crippen LogP contribution in [-0.4, -0.2) is 38.6 Å². The fourth-order valence-corrected chi connectivity index (χ4v) is 9.73. The van der Waals surface area contributed by atoms with Crippen LogP contribution in [0.25, 0.3) is 0 Å². The third-order valence-electron chi connectivity index (χ3n) is 6.15. The van der Waals surface area contributed by atoms with Gasteiger partial charge in [-0.05, 0) is 0 Å². The Hall–Kier alpha value is 0.210. The molecule has 1 atom stereocenters. The molecule has 1 N–H and O–H groups in total. The van der Waals surface area contributed by atoms with Crippen LogP contribution in [0.2, 0.25) is 3.67 Å². The molecule has 1 aliphatic heterocycles. The molecule has 19 heavy (non-hydrogen) atoms. The number of carbonyl (C=O) groups is 1. The Morgan fingerprint density at radius 3 is 2.32 bits per heavy atom. The van der Waals surface area contributed by atoms with Crippen molar-refractivity contribution >= 4 is 32.1 Å². The molecule has 2 nitrogen and oxygen atoms in total. The second-order valence-corrected chi connectivity index (χ2v) is 12.5. The normalized spacial score (nSPS) is 46.3. The molecule has 3 heteroatoms. The number of hydrogen-bond donors (Lipinski definition) is 1. The number of carbonyl (C=O) groups excluding carboxylic acids is 1. The van der Waals surface area contributed by atoms with Gasteiger partial charge in [0.15, 0.2) is 0 Å². The minimum atomic E-state index is -0.643. The van der Waals surface area contributed by atoms with E-state index >= 15 is 0 Å². The summed E-state index contributed by atoms with van der Waals surface area (Å²) in [4.78, 5) is 12.3. The third-order valence-corrected chi connectivity index (χ3v) is 11.0. The molecule has 102 valence electrons. The molecular weight excluding hydrogens is 337 g/mol. The van der Waals surface area contributed by atoms with Gasteiger partial charge >= 0.3 is 127 Å². The van der Waals surface area contributed by atoms with Gasteiger partial charge in [-0.25, -0.2) is 0 Å². The summed E-state index contributed by atoms with van der Waals surface area (Å²) in [6.07, 6.45) is 11.1. The predicted octanol–water partition coefficient (Wildman–Crippen LogP) is 2.41. The molecule has 1 amide bonds. The predicted molar refractivity (Wildman–Crippen MR) is 78.4 cm³/mol. The number of rotatable bonds is 3. The van der Waals surface area contributed by atoms with Crippen LogP contribution < -0.4 is 5.32 Å². The van der Waals surface area contributed by atoms with Crippen LogP contribution in [0.15, 0.2) is 0 Å². The van der Waals surface area contributed by atoms with Crippen molar-refractivity contribution in [1.29, 1.82) is 0 Å². The van der Waals surface area contributed by atoms with Crippen molar-refractivity contribution in [3.8, 4) is 0 Å². The van der Waals surface area contributed by atoms with Crippen LogP contribution in [0.5, 0.6) is 0 Å². The Labute approximate surface area is 126 Å². The van der Waals surface area contributed by atoms with Gasteiger partial charge in [0.2, 0.25) is 0 Å². The van der Waals surface area contributed by atoms with E-state index in [4.69, 9.17) is 0 Å². The molecule has 0 spiro atoms. The standard InChI is InChI=1S/C16H24NO.In/c1-2-3-4-15(18)17-11-16-8-12-5-13(9-16)7-14(6-12)10-16;/h1,4,12-14H,2-3,5-11H2,(H,17,18);. The van der Waals surface area contributed by atoms with Gasteiger partial charge in [0, 0.05) is 0 Å². The SMILES string of the molecule is O=C(NCC12CC3CC(CC(C3)C1)C2)[CH]1CC[CH]=[In]1. The molecule has 0 aromatic rings. The van der Waals surface area contributed by atoms with E-state index in [1.165, 1.54) is 44.9 Å². The van der Waals surface area contributed by atoms with Gasteiger partial charge in [-0.2, -0.15) is 0 Å². The summed E-state index contributed by atoms with van der Waals surface area (Å²) >= 11 is -0.643. The van der Waals surface area contributed by atoms with Crippen LogP contribution >= 0.6 is 0 Å². The number of nitrogens with one attached hydrogen (secondary N) is 1. The van der Waals surface area contributed by atoms with Crippen LogP contribution in [0.3, 0.4) is 0 Å². The van der Waals surface area contributed by atoms with Gasteiger partial charge in [-0.15, -0.1) is 0 Å². The summed E-state index contributed by atoms with van der Waals surface area (Å²) in [5, 5.41) is 3.37. The van der Waals surface area contributed by atoms with Crippen LogP contribution in [0, 0.1) is 23.2 Å². The topological polar surface area (TPSA) is 29.1 Å². The Bertz CT molecular complexity index is 382. The zero-order valence-electron chi connectivity index (χ0n) is 11.7. The van der Waals surface area contributed by atoms with Gasteiger partial charge in [-0.1, -0.05) is 0 Å². The van der Waals surface area contributed by atoms with Gasteiger partial charge in [0.05, 0.1) is 0 Å². The van der Waals surface area contributed by atoms with E-state index in [2.05, 4.69) is 9.07 Å². The van der Waals surface area contributed by atoms with Gasteiger partial charge in [0.1, 0.15) is 0 Å². The monoisotopic (exact) mass is 361 g/mol. The molecule has 4 saturated carbocycles. The van der Waals surface area contributed by atoms with Gasteiger partial charge in [0.25, 0.3) is 0 Å². The minimum absolute atomic E-state index is 0.422. The quantitative estimate of drug-likeness (QED) is 0.822. The Morgan fingerprint density at radius 2 is 1.79 bits per heavy atom. The second kappa shape index (κ2) is 4.89. The first kappa shape index (κ1) is 12.9. The Kier molecular flexibility index (Phi) is 3.32. The maximum atomic E-state index is 12.3. The fraction of sp³-hybridized carbons (Fsp3) is 0.875. The molecule has 1 unspecified atom stereocenters. The van der Waals surface area contributed by atoms with E-state index in [1.54, 1.807) is 0 Å². The summed E-state index contributed by atoms with van der Waals surface area (Å²) in [6.45, 7) is 1.01. The first-order valence-corrected chi connectivity index (χ1v) is 12.0. The summed E-state index contributed by atoms with van der Waals surface area (Å²) in [5.74, 6) is 3.42. The van der Waals surface area contributed by atoms with Crippen molar-refractivity contribution < 1.29 is 4.79 Å². The molecule has 4 aliphatic carbocycles. The molecular formula is C16H24InNO. The van der Waals surface area contributed by atoms with Crippen molar-refractivity contribution in [2.45, 2.75) is 55.0 Å². The van der Waals surface area contributed by atoms with Gasteiger partial charge in [-0.3, -0.25) is 0 Å². The summed E-state index contributed by atoms with van der Waals surface area (Å²) in [6, 6.07) is 0. The van der Waals surface area contributed by atoms with E-state index in [0.29, 0.717) is 15.0 Å². The fourth-order valence-electron chi connectivity index (χ4n) is 5.76. The maximum absolute atomic E-state index is 12.3. The van der Waals surface area contributed by atoms with Crippen LogP contribution in [-0.2, 0) is 4.79 Å². The Balaban J connectivity index is 1.39. The van der Waals surface area contributed by atoms with Crippen LogP contribution in [0.1, 0.15) is 51.4 Å². The number of hydrogen-bond acceptors (Lipinski definition) is 1. The van der Waals surface area contributed by atoms with Crippen LogP contribution in [0.4, 0.5) is 0 Å². The first-order chi connectivity index (χ1) is 9.22. The van der Waals surface area contributed by atoms with E-state index in [0.717, 1.165) is 30.7 Å².